The van der Waals surface area contributed by atoms with Gasteiger partial charge in [0.25, 0.3) is 5.91 Å². The highest BCUT2D eigenvalue weighted by molar-refractivity contribution is 7.17. The van der Waals surface area contributed by atoms with Gasteiger partial charge in [-0.2, -0.15) is 5.10 Å². The average Bonchev–Trinajstić information content (AvgIpc) is 3.81. The second-order valence-corrected chi connectivity index (χ2v) is 11.8. The number of amides is 1. The molecule has 0 aliphatic carbocycles. The molecule has 1 aliphatic heterocycles. The third-order valence-electron chi connectivity index (χ3n) is 8.00. The molecule has 0 radical (unpaired) electrons. The highest BCUT2D eigenvalue weighted by Gasteiger charge is 2.47. The van der Waals surface area contributed by atoms with Crippen molar-refractivity contribution in [2.24, 2.45) is 0 Å². The van der Waals surface area contributed by atoms with Crippen molar-refractivity contribution in [1.29, 1.82) is 0 Å². The minimum atomic E-state index is -1.03. The van der Waals surface area contributed by atoms with Crippen LogP contribution in [0.1, 0.15) is 43.1 Å². The molecule has 0 fully saturated rings. The number of hydrogen-bond donors (Lipinski definition) is 0. The molecule has 12 heteroatoms. The first-order chi connectivity index (χ1) is 23.3. The number of hydrogen-bond acceptors (Lipinski definition) is 10. The molecule has 0 N–H and O–H groups in total. The van der Waals surface area contributed by atoms with Crippen molar-refractivity contribution in [3.63, 3.8) is 0 Å². The van der Waals surface area contributed by atoms with Crippen LogP contribution in [0.25, 0.3) is 27.9 Å². The summed E-state index contributed by atoms with van der Waals surface area (Å²) >= 11 is 0.992. The molecular weight excluding hydrogens is 632 g/mol. The molecule has 0 spiro atoms. The van der Waals surface area contributed by atoms with E-state index in [9.17, 15) is 14.4 Å². The Labute approximate surface area is 278 Å². The van der Waals surface area contributed by atoms with E-state index >= 15 is 0 Å². The van der Waals surface area contributed by atoms with Gasteiger partial charge in [-0.25, -0.2) is 14.5 Å². The molecule has 4 heterocycles. The Bertz CT molecular complexity index is 2290. The van der Waals surface area contributed by atoms with Crippen LogP contribution in [0.5, 0.6) is 11.5 Å². The second-order valence-electron chi connectivity index (χ2n) is 10.8. The Morgan fingerprint density at radius 3 is 2.52 bits per heavy atom. The summed E-state index contributed by atoms with van der Waals surface area (Å²) in [4.78, 5) is 47.9. The van der Waals surface area contributed by atoms with E-state index in [1.54, 1.807) is 61.3 Å². The lowest BCUT2D eigenvalue weighted by Crippen LogP contribution is -2.29. The van der Waals surface area contributed by atoms with Crippen molar-refractivity contribution in [1.82, 2.24) is 14.8 Å². The van der Waals surface area contributed by atoms with Crippen LogP contribution in [0.2, 0.25) is 0 Å². The van der Waals surface area contributed by atoms with Gasteiger partial charge in [0.15, 0.2) is 22.1 Å². The lowest BCUT2D eigenvalue weighted by atomic mass is 9.96. The summed E-state index contributed by atoms with van der Waals surface area (Å²) in [5.41, 5.74) is 2.81. The third kappa shape index (κ3) is 5.03. The smallest absolute Gasteiger partial charge is 0.350 e. The summed E-state index contributed by atoms with van der Waals surface area (Å²) < 4.78 is 24.2. The van der Waals surface area contributed by atoms with E-state index in [2.05, 4.69) is 11.6 Å². The molecule has 3 aromatic heterocycles. The zero-order valence-electron chi connectivity index (χ0n) is 26.1. The first-order valence-electron chi connectivity index (χ1n) is 14.9. The maximum atomic E-state index is 14.4. The number of para-hydroxylation sites is 2. The van der Waals surface area contributed by atoms with E-state index in [1.807, 2.05) is 36.4 Å². The average molecular weight is 661 g/mol. The van der Waals surface area contributed by atoms with Gasteiger partial charge in [-0.15, -0.1) is 0 Å². The zero-order chi connectivity index (χ0) is 33.5. The molecule has 1 atom stereocenters. The van der Waals surface area contributed by atoms with Crippen molar-refractivity contribution in [2.45, 2.75) is 13.0 Å². The third-order valence-corrected chi connectivity index (χ3v) is 9.14. The lowest BCUT2D eigenvalue weighted by Gasteiger charge is -2.22. The molecule has 1 amide bonds. The summed E-state index contributed by atoms with van der Waals surface area (Å²) in [6, 6.07) is 20.6. The van der Waals surface area contributed by atoms with Gasteiger partial charge in [-0.05, 0) is 49.4 Å². The number of thiazole rings is 1. The fourth-order valence-corrected chi connectivity index (χ4v) is 6.78. The Kier molecular flexibility index (Phi) is 7.85. The van der Waals surface area contributed by atoms with Crippen molar-refractivity contribution in [3.8, 4) is 28.4 Å². The number of carbonyl (C=O) groups excluding carboxylic acids is 2. The molecule has 1 unspecified atom stereocenters. The highest BCUT2D eigenvalue weighted by atomic mass is 32.1. The molecule has 11 nitrogen and oxygen atoms in total. The van der Waals surface area contributed by atoms with E-state index < -0.39 is 17.9 Å². The normalized spacial score (nSPS) is 13.9. The monoisotopic (exact) mass is 660 g/mol. The standard InChI is InChI=1S/C36H28N4O7S/c1-5-17-46-35(43)33-20(2)37-36(48-33)40-30(28-31(41)23-13-9-10-14-25(23)47-32(28)34(40)42)24-19-39(22-11-7-6-8-12-22)38-29(24)21-15-16-26(44-3)27(18-21)45-4/h5-16,18-19,30H,1,17H2,2-4H3. The van der Waals surface area contributed by atoms with Crippen molar-refractivity contribution in [2.75, 3.05) is 25.7 Å². The van der Waals surface area contributed by atoms with Gasteiger partial charge in [0.05, 0.1) is 42.2 Å². The fourth-order valence-electron chi connectivity index (χ4n) is 5.79. The van der Waals surface area contributed by atoms with E-state index in [1.165, 1.54) is 18.1 Å². The minimum Gasteiger partial charge on any atom is -0.493 e. The van der Waals surface area contributed by atoms with Crippen LogP contribution in [0.4, 0.5) is 5.13 Å². The summed E-state index contributed by atoms with van der Waals surface area (Å²) in [6.07, 6.45) is 3.25. The summed E-state index contributed by atoms with van der Waals surface area (Å²) in [7, 11) is 3.09. The predicted octanol–water partition coefficient (Wildman–Crippen LogP) is 6.52. The molecule has 0 bridgehead atoms. The maximum Gasteiger partial charge on any atom is 0.350 e. The molecular formula is C36H28N4O7S. The number of benzene rings is 3. The van der Waals surface area contributed by atoms with E-state index in [0.717, 1.165) is 17.0 Å². The van der Waals surface area contributed by atoms with Crippen molar-refractivity contribution < 1.29 is 28.2 Å². The Morgan fingerprint density at radius 2 is 1.77 bits per heavy atom. The van der Waals surface area contributed by atoms with Crippen LogP contribution in [-0.4, -0.2) is 47.5 Å². The maximum absolute atomic E-state index is 14.4. The van der Waals surface area contributed by atoms with Gasteiger partial charge in [-0.3, -0.25) is 14.5 Å². The molecule has 1 aliphatic rings. The van der Waals surface area contributed by atoms with Crippen molar-refractivity contribution >= 4 is 39.3 Å². The number of methoxy groups -OCH3 is 2. The SMILES string of the molecule is C=CCOC(=O)c1sc(N2C(=O)c3oc4ccccc4c(=O)c3C2c2cn(-c3ccccc3)nc2-c2ccc(OC)c(OC)c2)nc1C. The molecule has 240 valence electrons. The van der Waals surface area contributed by atoms with Gasteiger partial charge < -0.3 is 18.6 Å². The van der Waals surface area contributed by atoms with Gasteiger partial charge in [0, 0.05) is 17.3 Å². The topological polar surface area (TPSA) is 126 Å². The van der Waals surface area contributed by atoms with E-state index in [-0.39, 0.29) is 39.0 Å². The predicted molar refractivity (Wildman–Crippen MR) is 181 cm³/mol. The molecule has 48 heavy (non-hydrogen) atoms. The van der Waals surface area contributed by atoms with Gasteiger partial charge in [0.1, 0.15) is 23.1 Å². The van der Waals surface area contributed by atoms with Crippen LogP contribution in [0.3, 0.4) is 0 Å². The van der Waals surface area contributed by atoms with Gasteiger partial charge >= 0.3 is 5.97 Å². The lowest BCUT2D eigenvalue weighted by molar-refractivity contribution is 0.0554. The van der Waals surface area contributed by atoms with Crippen LogP contribution < -0.4 is 19.8 Å². The molecule has 6 aromatic rings. The Morgan fingerprint density at radius 1 is 1.02 bits per heavy atom. The quantitative estimate of drug-likeness (QED) is 0.126. The number of carbonyl (C=O) groups is 2. The minimum absolute atomic E-state index is 0.0145. The number of nitrogens with zero attached hydrogens (tertiary/aromatic N) is 4. The number of rotatable bonds is 9. The fraction of sp³-hybridized carbons (Fsp3) is 0.139. The van der Waals surface area contributed by atoms with Crippen LogP contribution >= 0.6 is 11.3 Å². The van der Waals surface area contributed by atoms with E-state index in [0.29, 0.717) is 39.4 Å². The number of aryl methyl sites for hydroxylation is 1. The molecule has 0 saturated carbocycles. The number of esters is 1. The first kappa shape index (κ1) is 30.6. The first-order valence-corrected chi connectivity index (χ1v) is 15.7. The molecule has 3 aromatic carbocycles. The Hall–Kier alpha value is -6.01. The van der Waals surface area contributed by atoms with E-state index in [4.69, 9.17) is 23.7 Å². The Balaban J connectivity index is 1.51. The number of ether oxygens (including phenoxy) is 3. The number of fused-ring (bicyclic) bond motifs is 2. The van der Waals surface area contributed by atoms with Gasteiger partial charge in [-0.1, -0.05) is 54.3 Å². The summed E-state index contributed by atoms with van der Waals surface area (Å²) in [5.74, 6) is -0.297. The van der Waals surface area contributed by atoms with Crippen molar-refractivity contribution in [3.05, 3.63) is 129 Å². The second kappa shape index (κ2) is 12.3. The highest BCUT2D eigenvalue weighted by Crippen LogP contribution is 2.46. The molecule has 0 saturated heterocycles. The number of anilines is 1. The summed E-state index contributed by atoms with van der Waals surface area (Å²) in [5, 5.41) is 5.49. The van der Waals surface area contributed by atoms with Crippen LogP contribution in [0, 0.1) is 6.92 Å². The zero-order valence-corrected chi connectivity index (χ0v) is 26.9. The number of aromatic nitrogens is 3. The van der Waals surface area contributed by atoms with Gasteiger partial charge in [0.2, 0.25) is 5.76 Å². The molecule has 7 rings (SSSR count). The largest absolute Gasteiger partial charge is 0.493 e. The summed E-state index contributed by atoms with van der Waals surface area (Å²) in [6.45, 7) is 5.27. The van der Waals surface area contributed by atoms with Crippen LogP contribution in [0.15, 0.2) is 101 Å². The van der Waals surface area contributed by atoms with Crippen LogP contribution in [-0.2, 0) is 4.74 Å².